The Morgan fingerprint density at radius 3 is 2.89 bits per heavy atom. The van der Waals surface area contributed by atoms with E-state index >= 15 is 0 Å². The summed E-state index contributed by atoms with van der Waals surface area (Å²) in [5, 5.41) is 3.37. The van der Waals surface area contributed by atoms with Gasteiger partial charge in [-0.05, 0) is 25.1 Å². The summed E-state index contributed by atoms with van der Waals surface area (Å²) in [7, 11) is 0. The molecule has 96 valence electrons. The highest BCUT2D eigenvalue weighted by atomic mass is 16.3. The first kappa shape index (κ1) is 11.5. The summed E-state index contributed by atoms with van der Waals surface area (Å²) >= 11 is 0. The van der Waals surface area contributed by atoms with Crippen LogP contribution in [0.2, 0.25) is 0 Å². The van der Waals surface area contributed by atoms with Crippen LogP contribution in [0.3, 0.4) is 0 Å². The number of nitrogens with zero attached hydrogens (tertiary/aromatic N) is 3. The van der Waals surface area contributed by atoms with Crippen LogP contribution in [0.1, 0.15) is 18.5 Å². The lowest BCUT2D eigenvalue weighted by Gasteiger charge is -2.13. The van der Waals surface area contributed by atoms with Gasteiger partial charge in [-0.3, -0.25) is 4.57 Å². The predicted molar refractivity (Wildman–Crippen MR) is 72.1 cm³/mol. The maximum Gasteiger partial charge on any atom is 0.137 e. The Morgan fingerprint density at radius 1 is 1.32 bits per heavy atom. The molecule has 0 bridgehead atoms. The molecule has 0 aliphatic heterocycles. The van der Waals surface area contributed by atoms with E-state index in [4.69, 9.17) is 4.42 Å². The molecule has 1 atom stereocenters. The SMILES string of the molecule is CC(Nc1ccc(-n2ccnc2)nc1)c1ccoc1. The molecule has 0 spiro atoms. The average Bonchev–Trinajstić information content (AvgIpc) is 3.13. The number of hydrogen-bond donors (Lipinski definition) is 1. The Balaban J connectivity index is 1.73. The van der Waals surface area contributed by atoms with Crippen molar-refractivity contribution in [1.29, 1.82) is 0 Å². The highest BCUT2D eigenvalue weighted by Crippen LogP contribution is 2.19. The quantitative estimate of drug-likeness (QED) is 0.777. The fourth-order valence-corrected chi connectivity index (χ4v) is 1.87. The van der Waals surface area contributed by atoms with Crippen LogP contribution in [-0.2, 0) is 0 Å². The smallest absolute Gasteiger partial charge is 0.137 e. The molecule has 0 radical (unpaired) electrons. The van der Waals surface area contributed by atoms with Gasteiger partial charge in [0.15, 0.2) is 0 Å². The van der Waals surface area contributed by atoms with Crippen molar-refractivity contribution in [2.75, 3.05) is 5.32 Å². The van der Waals surface area contributed by atoms with Gasteiger partial charge in [0, 0.05) is 18.0 Å². The fourth-order valence-electron chi connectivity index (χ4n) is 1.87. The molecule has 0 saturated heterocycles. The van der Waals surface area contributed by atoms with Crippen LogP contribution < -0.4 is 5.32 Å². The van der Waals surface area contributed by atoms with Gasteiger partial charge < -0.3 is 9.73 Å². The van der Waals surface area contributed by atoms with E-state index in [-0.39, 0.29) is 6.04 Å². The third-order valence-corrected chi connectivity index (χ3v) is 2.94. The molecule has 0 saturated carbocycles. The Bertz CT molecular complexity index is 614. The van der Waals surface area contributed by atoms with Crippen LogP contribution in [0.4, 0.5) is 5.69 Å². The van der Waals surface area contributed by atoms with Gasteiger partial charge in [-0.2, -0.15) is 0 Å². The first-order valence-corrected chi connectivity index (χ1v) is 6.06. The van der Waals surface area contributed by atoms with E-state index < -0.39 is 0 Å². The van der Waals surface area contributed by atoms with Crippen LogP contribution >= 0.6 is 0 Å². The number of anilines is 1. The van der Waals surface area contributed by atoms with Gasteiger partial charge in [0.2, 0.25) is 0 Å². The number of furan rings is 1. The minimum Gasteiger partial charge on any atom is -0.472 e. The van der Waals surface area contributed by atoms with Gasteiger partial charge in [0.05, 0.1) is 30.5 Å². The van der Waals surface area contributed by atoms with E-state index in [0.717, 1.165) is 17.1 Å². The van der Waals surface area contributed by atoms with Crippen LogP contribution in [0.25, 0.3) is 5.82 Å². The first-order chi connectivity index (χ1) is 9.33. The molecular formula is C14H14N4O. The van der Waals surface area contributed by atoms with Crippen molar-refractivity contribution in [3.63, 3.8) is 0 Å². The molecule has 3 aromatic heterocycles. The highest BCUT2D eigenvalue weighted by Gasteiger charge is 2.06. The van der Waals surface area contributed by atoms with Crippen LogP contribution in [-0.4, -0.2) is 14.5 Å². The maximum absolute atomic E-state index is 5.08. The first-order valence-electron chi connectivity index (χ1n) is 6.06. The van der Waals surface area contributed by atoms with Gasteiger partial charge >= 0.3 is 0 Å². The Labute approximate surface area is 110 Å². The summed E-state index contributed by atoms with van der Waals surface area (Å²) in [6.45, 7) is 2.08. The van der Waals surface area contributed by atoms with Crippen LogP contribution in [0, 0.1) is 0 Å². The van der Waals surface area contributed by atoms with E-state index in [2.05, 4.69) is 22.2 Å². The summed E-state index contributed by atoms with van der Waals surface area (Å²) in [5.41, 5.74) is 2.08. The molecule has 0 aliphatic rings. The largest absolute Gasteiger partial charge is 0.472 e. The molecule has 3 heterocycles. The van der Waals surface area contributed by atoms with E-state index in [9.17, 15) is 0 Å². The number of rotatable bonds is 4. The molecule has 0 fully saturated rings. The average molecular weight is 254 g/mol. The zero-order chi connectivity index (χ0) is 13.1. The van der Waals surface area contributed by atoms with Crippen molar-refractivity contribution in [3.8, 4) is 5.82 Å². The van der Waals surface area contributed by atoms with Crippen molar-refractivity contribution < 1.29 is 4.42 Å². The van der Waals surface area contributed by atoms with Gasteiger partial charge in [-0.25, -0.2) is 9.97 Å². The molecule has 19 heavy (non-hydrogen) atoms. The number of aromatic nitrogens is 3. The van der Waals surface area contributed by atoms with E-state index in [1.165, 1.54) is 0 Å². The van der Waals surface area contributed by atoms with Crippen molar-refractivity contribution in [1.82, 2.24) is 14.5 Å². The zero-order valence-corrected chi connectivity index (χ0v) is 10.5. The monoisotopic (exact) mass is 254 g/mol. The molecule has 1 unspecified atom stereocenters. The minimum atomic E-state index is 0.180. The van der Waals surface area contributed by atoms with Gasteiger partial charge in [0.25, 0.3) is 0 Å². The lowest BCUT2D eigenvalue weighted by molar-refractivity contribution is 0.562. The zero-order valence-electron chi connectivity index (χ0n) is 10.5. The topological polar surface area (TPSA) is 55.9 Å². The van der Waals surface area contributed by atoms with Gasteiger partial charge in [-0.15, -0.1) is 0 Å². The summed E-state index contributed by atoms with van der Waals surface area (Å²) in [5.74, 6) is 0.846. The van der Waals surface area contributed by atoms with Crippen molar-refractivity contribution in [2.45, 2.75) is 13.0 Å². The second-order valence-corrected chi connectivity index (χ2v) is 4.30. The number of hydrogen-bond acceptors (Lipinski definition) is 4. The molecule has 1 N–H and O–H groups in total. The molecule has 3 aromatic rings. The molecule has 0 aromatic carbocycles. The Morgan fingerprint density at radius 2 is 2.26 bits per heavy atom. The van der Waals surface area contributed by atoms with E-state index in [0.29, 0.717) is 0 Å². The maximum atomic E-state index is 5.08. The van der Waals surface area contributed by atoms with Crippen molar-refractivity contribution >= 4 is 5.69 Å². The molecule has 0 amide bonds. The number of pyridine rings is 1. The Kier molecular flexibility index (Phi) is 3.02. The summed E-state index contributed by atoms with van der Waals surface area (Å²) in [6, 6.07) is 6.08. The normalized spacial score (nSPS) is 12.3. The van der Waals surface area contributed by atoms with Crippen molar-refractivity contribution in [2.24, 2.45) is 0 Å². The highest BCUT2D eigenvalue weighted by molar-refractivity contribution is 5.45. The molecule has 5 heteroatoms. The predicted octanol–water partition coefficient (Wildman–Crippen LogP) is 3.03. The standard InChI is InChI=1S/C14H14N4O/c1-11(12-4-7-19-9-12)17-13-2-3-14(16-8-13)18-6-5-15-10-18/h2-11,17H,1H3. The number of nitrogens with one attached hydrogen (secondary N) is 1. The van der Waals surface area contributed by atoms with E-state index in [1.54, 1.807) is 25.1 Å². The van der Waals surface area contributed by atoms with Crippen LogP contribution in [0.5, 0.6) is 0 Å². The van der Waals surface area contributed by atoms with Gasteiger partial charge in [0.1, 0.15) is 12.1 Å². The second-order valence-electron chi connectivity index (χ2n) is 4.30. The lowest BCUT2D eigenvalue weighted by atomic mass is 10.2. The second kappa shape index (κ2) is 4.97. The van der Waals surface area contributed by atoms with Crippen molar-refractivity contribution in [3.05, 3.63) is 61.2 Å². The summed E-state index contributed by atoms with van der Waals surface area (Å²) in [6.07, 6.45) is 10.5. The third-order valence-electron chi connectivity index (χ3n) is 2.94. The lowest BCUT2D eigenvalue weighted by Crippen LogP contribution is -2.06. The molecular weight excluding hydrogens is 240 g/mol. The van der Waals surface area contributed by atoms with Crippen LogP contribution in [0.15, 0.2) is 60.1 Å². The fraction of sp³-hybridized carbons (Fsp3) is 0.143. The summed E-state index contributed by atoms with van der Waals surface area (Å²) in [4.78, 5) is 8.39. The molecule has 0 aliphatic carbocycles. The minimum absolute atomic E-state index is 0.180. The molecule has 5 nitrogen and oxygen atoms in total. The third kappa shape index (κ3) is 2.49. The van der Waals surface area contributed by atoms with E-state index in [1.807, 2.05) is 35.2 Å². The Hall–Kier alpha value is -2.56. The summed E-state index contributed by atoms with van der Waals surface area (Å²) < 4.78 is 6.94. The molecule has 3 rings (SSSR count). The number of imidazole rings is 1. The van der Waals surface area contributed by atoms with Gasteiger partial charge in [-0.1, -0.05) is 0 Å².